The maximum Gasteiger partial charge on any atom is 0.257 e. The van der Waals surface area contributed by atoms with Crippen LogP contribution in [0.3, 0.4) is 0 Å². The second kappa shape index (κ2) is 12.3. The van der Waals surface area contributed by atoms with Crippen LogP contribution in [-0.2, 0) is 5.75 Å². The van der Waals surface area contributed by atoms with Gasteiger partial charge in [-0.15, -0.1) is 24.0 Å². The first-order chi connectivity index (χ1) is 11.3. The zero-order chi connectivity index (χ0) is 16.3. The number of rotatable bonds is 6. The molecule has 1 aromatic heterocycles. The topological polar surface area (TPSA) is 54.4 Å². The van der Waals surface area contributed by atoms with Crippen LogP contribution in [0.4, 0.5) is 0 Å². The molecule has 2 rings (SSSR count). The number of nitrogens with zero attached hydrogens (tertiary/aromatic N) is 2. The third-order valence-corrected chi connectivity index (χ3v) is 4.51. The smallest absolute Gasteiger partial charge is 0.257 e. The fourth-order valence-corrected chi connectivity index (χ4v) is 2.95. The van der Waals surface area contributed by atoms with Crippen LogP contribution in [0, 0.1) is 0 Å². The minimum absolute atomic E-state index is 0. The van der Waals surface area contributed by atoms with Gasteiger partial charge < -0.3 is 5.32 Å². The number of hydrogen-bond donors (Lipinski definition) is 1. The van der Waals surface area contributed by atoms with Crippen molar-refractivity contribution in [1.82, 2.24) is 10.3 Å². The number of aliphatic imine (C=N–C) groups is 1. The van der Waals surface area contributed by atoms with Crippen molar-refractivity contribution in [3.63, 3.8) is 0 Å². The number of aromatic nitrogens is 1. The number of carbonyl (C=O) groups excluding carboxylic acids is 1. The number of pyridine rings is 1. The van der Waals surface area contributed by atoms with E-state index in [9.17, 15) is 4.79 Å². The molecule has 24 heavy (non-hydrogen) atoms. The van der Waals surface area contributed by atoms with Crippen LogP contribution >= 0.6 is 47.5 Å². The van der Waals surface area contributed by atoms with E-state index in [2.05, 4.69) is 15.3 Å². The van der Waals surface area contributed by atoms with E-state index < -0.39 is 0 Å². The highest BCUT2D eigenvalue weighted by Gasteiger charge is 2.07. The Kier molecular flexibility index (Phi) is 10.8. The molecule has 1 N–H and O–H groups in total. The SMILES string of the molecule is CSC(=NCCSCc1ccccn1)NC(=O)c1ccccc1.I. The Labute approximate surface area is 168 Å². The van der Waals surface area contributed by atoms with E-state index in [4.69, 9.17) is 0 Å². The molecular weight excluding hydrogens is 453 g/mol. The van der Waals surface area contributed by atoms with Crippen LogP contribution in [0.15, 0.2) is 59.7 Å². The van der Waals surface area contributed by atoms with Gasteiger partial charge >= 0.3 is 0 Å². The van der Waals surface area contributed by atoms with Gasteiger partial charge in [0.15, 0.2) is 5.17 Å². The van der Waals surface area contributed by atoms with E-state index in [0.29, 0.717) is 17.3 Å². The first kappa shape index (κ1) is 21.0. The molecule has 1 heterocycles. The summed E-state index contributed by atoms with van der Waals surface area (Å²) in [6.07, 6.45) is 3.71. The van der Waals surface area contributed by atoms with Crippen molar-refractivity contribution >= 4 is 58.6 Å². The molecule has 0 unspecified atom stereocenters. The first-order valence-electron chi connectivity index (χ1n) is 7.22. The largest absolute Gasteiger partial charge is 0.301 e. The molecule has 128 valence electrons. The number of benzene rings is 1. The van der Waals surface area contributed by atoms with E-state index in [1.807, 2.05) is 42.7 Å². The molecule has 0 saturated heterocycles. The predicted molar refractivity (Wildman–Crippen MR) is 116 cm³/mol. The van der Waals surface area contributed by atoms with E-state index in [0.717, 1.165) is 17.2 Å². The molecule has 1 amide bonds. The lowest BCUT2D eigenvalue weighted by atomic mass is 10.2. The monoisotopic (exact) mass is 473 g/mol. The minimum Gasteiger partial charge on any atom is -0.301 e. The average Bonchev–Trinajstić information content (AvgIpc) is 2.62. The molecule has 2 aromatic rings. The Morgan fingerprint density at radius 3 is 2.58 bits per heavy atom. The molecule has 1 aromatic carbocycles. The fourth-order valence-electron chi connectivity index (χ4n) is 1.79. The number of halogens is 1. The normalized spacial score (nSPS) is 10.8. The summed E-state index contributed by atoms with van der Waals surface area (Å²) in [4.78, 5) is 20.8. The summed E-state index contributed by atoms with van der Waals surface area (Å²) in [5, 5.41) is 3.49. The highest BCUT2D eigenvalue weighted by molar-refractivity contribution is 14.0. The standard InChI is InChI=1S/C17H19N3OS2.HI/c1-22-17(20-16(21)14-7-3-2-4-8-14)19-11-12-23-13-15-9-5-6-10-18-15;/h2-10H,11-13H2,1H3,(H,19,20,21);1H. The second-order valence-electron chi connectivity index (χ2n) is 4.58. The fraction of sp³-hybridized carbons (Fsp3) is 0.235. The van der Waals surface area contributed by atoms with Crippen molar-refractivity contribution in [2.75, 3.05) is 18.6 Å². The van der Waals surface area contributed by atoms with Crippen molar-refractivity contribution < 1.29 is 4.79 Å². The van der Waals surface area contributed by atoms with E-state index in [-0.39, 0.29) is 29.9 Å². The Morgan fingerprint density at radius 1 is 1.17 bits per heavy atom. The van der Waals surface area contributed by atoms with E-state index in [1.165, 1.54) is 11.8 Å². The quantitative estimate of drug-likeness (QED) is 0.297. The number of nitrogens with one attached hydrogen (secondary N) is 1. The van der Waals surface area contributed by atoms with Gasteiger partial charge in [0.1, 0.15) is 0 Å². The Hall–Kier alpha value is -1.06. The van der Waals surface area contributed by atoms with Gasteiger partial charge in [0.05, 0.1) is 12.2 Å². The maximum atomic E-state index is 12.1. The first-order valence-corrected chi connectivity index (χ1v) is 9.60. The molecule has 0 saturated carbocycles. The molecule has 0 fully saturated rings. The third-order valence-electron chi connectivity index (χ3n) is 2.92. The number of thioether (sulfide) groups is 2. The molecular formula is C17H20IN3OS2. The number of amides is 1. The van der Waals surface area contributed by atoms with Gasteiger partial charge in [0.25, 0.3) is 5.91 Å². The van der Waals surface area contributed by atoms with Gasteiger partial charge in [-0.25, -0.2) is 0 Å². The van der Waals surface area contributed by atoms with Gasteiger partial charge in [-0.1, -0.05) is 36.0 Å². The predicted octanol–water partition coefficient (Wildman–Crippen LogP) is 4.08. The van der Waals surface area contributed by atoms with Crippen molar-refractivity contribution in [2.45, 2.75) is 5.75 Å². The Bertz CT molecular complexity index is 639. The molecule has 4 nitrogen and oxygen atoms in total. The Morgan fingerprint density at radius 2 is 1.92 bits per heavy atom. The minimum atomic E-state index is -0.125. The van der Waals surface area contributed by atoms with Crippen LogP contribution in [0.25, 0.3) is 0 Å². The summed E-state index contributed by atoms with van der Waals surface area (Å²) in [6, 6.07) is 15.1. The number of amidine groups is 1. The lowest BCUT2D eigenvalue weighted by Gasteiger charge is -2.06. The van der Waals surface area contributed by atoms with Gasteiger partial charge in [0.2, 0.25) is 0 Å². The summed E-state index contributed by atoms with van der Waals surface area (Å²) >= 11 is 3.23. The van der Waals surface area contributed by atoms with Crippen molar-refractivity contribution in [2.24, 2.45) is 4.99 Å². The van der Waals surface area contributed by atoms with E-state index in [1.54, 1.807) is 30.1 Å². The van der Waals surface area contributed by atoms with Gasteiger partial charge in [-0.2, -0.15) is 11.8 Å². The average molecular weight is 473 g/mol. The molecule has 0 spiro atoms. The second-order valence-corrected chi connectivity index (χ2v) is 6.48. The van der Waals surface area contributed by atoms with E-state index >= 15 is 0 Å². The van der Waals surface area contributed by atoms with Gasteiger partial charge in [0, 0.05) is 23.3 Å². The lowest BCUT2D eigenvalue weighted by Crippen LogP contribution is -2.28. The Balaban J connectivity index is 0.00000288. The molecule has 0 bridgehead atoms. The lowest BCUT2D eigenvalue weighted by molar-refractivity contribution is 0.0978. The van der Waals surface area contributed by atoms with Crippen LogP contribution in [0.5, 0.6) is 0 Å². The van der Waals surface area contributed by atoms with Crippen LogP contribution in [-0.4, -0.2) is 34.6 Å². The molecule has 0 atom stereocenters. The summed E-state index contributed by atoms with van der Waals surface area (Å²) in [7, 11) is 0. The molecule has 7 heteroatoms. The zero-order valence-electron chi connectivity index (χ0n) is 13.3. The molecule has 0 aliphatic carbocycles. The summed E-state index contributed by atoms with van der Waals surface area (Å²) in [5.74, 6) is 1.64. The van der Waals surface area contributed by atoms with Crippen LogP contribution in [0.2, 0.25) is 0 Å². The molecule has 0 aliphatic rings. The highest BCUT2D eigenvalue weighted by atomic mass is 127. The molecule has 0 aliphatic heterocycles. The number of hydrogen-bond acceptors (Lipinski definition) is 5. The van der Waals surface area contributed by atoms with Crippen molar-refractivity contribution in [3.8, 4) is 0 Å². The highest BCUT2D eigenvalue weighted by Crippen LogP contribution is 2.09. The third kappa shape index (κ3) is 7.67. The van der Waals surface area contributed by atoms with Gasteiger partial charge in [-0.05, 0) is 30.5 Å². The summed E-state index contributed by atoms with van der Waals surface area (Å²) in [5.41, 5.74) is 1.71. The number of carbonyl (C=O) groups is 1. The molecule has 0 radical (unpaired) electrons. The summed E-state index contributed by atoms with van der Waals surface area (Å²) in [6.45, 7) is 0.669. The van der Waals surface area contributed by atoms with Gasteiger partial charge in [-0.3, -0.25) is 14.8 Å². The summed E-state index contributed by atoms with van der Waals surface area (Å²) < 4.78 is 0. The van der Waals surface area contributed by atoms with Crippen LogP contribution in [0.1, 0.15) is 16.1 Å². The zero-order valence-corrected chi connectivity index (χ0v) is 17.3. The van der Waals surface area contributed by atoms with Crippen LogP contribution < -0.4 is 5.32 Å². The maximum absolute atomic E-state index is 12.1. The van der Waals surface area contributed by atoms with Crippen molar-refractivity contribution in [1.29, 1.82) is 0 Å². The van der Waals surface area contributed by atoms with Crippen molar-refractivity contribution in [3.05, 3.63) is 66.0 Å².